The standard InChI is InChI=1S/C24H29N5O3S/c1-14-4-7-18-20(25)21(33-23(18)27-14)22(30)28-16-10-15-5-6-17(11-19(15)31-12-16)29-9-8-24(2,13-29)32-26-3/h4-7,11,16,26H,8-10,12-13,25H2,1-3H3,(H,28,30)/t16-,24+/m1/s1. The van der Waals surface area contributed by atoms with Crippen LogP contribution in [0.1, 0.15) is 34.3 Å². The molecule has 0 aliphatic carbocycles. The number of benzene rings is 1. The number of ether oxygens (including phenoxy) is 1. The number of aryl methyl sites for hydroxylation is 1. The van der Waals surface area contributed by atoms with Gasteiger partial charge in [0.15, 0.2) is 0 Å². The molecule has 174 valence electrons. The number of carbonyl (C=O) groups is 1. The number of anilines is 2. The lowest BCUT2D eigenvalue weighted by molar-refractivity contribution is -0.0713. The number of hydrogen-bond acceptors (Lipinski definition) is 8. The van der Waals surface area contributed by atoms with Gasteiger partial charge in [-0.25, -0.2) is 10.5 Å². The fourth-order valence-electron chi connectivity index (χ4n) is 4.64. The van der Waals surface area contributed by atoms with Gasteiger partial charge in [0.25, 0.3) is 5.91 Å². The van der Waals surface area contributed by atoms with Gasteiger partial charge < -0.3 is 20.7 Å². The second-order valence-corrected chi connectivity index (χ2v) is 10.1. The van der Waals surface area contributed by atoms with Gasteiger partial charge in [-0.3, -0.25) is 9.63 Å². The van der Waals surface area contributed by atoms with Crippen LogP contribution >= 0.6 is 11.3 Å². The van der Waals surface area contributed by atoms with Gasteiger partial charge in [0, 0.05) is 43.0 Å². The van der Waals surface area contributed by atoms with Crippen molar-refractivity contribution in [3.8, 4) is 5.75 Å². The van der Waals surface area contributed by atoms with Crippen LogP contribution < -0.4 is 26.2 Å². The molecule has 0 unspecified atom stereocenters. The highest BCUT2D eigenvalue weighted by Gasteiger charge is 2.35. The third-order valence-electron chi connectivity index (χ3n) is 6.38. The maximum atomic E-state index is 13.0. The minimum atomic E-state index is -0.205. The lowest BCUT2D eigenvalue weighted by Crippen LogP contribution is -2.42. The molecule has 9 heteroatoms. The first kappa shape index (κ1) is 21.9. The number of amides is 1. The van der Waals surface area contributed by atoms with Gasteiger partial charge in [0.2, 0.25) is 0 Å². The Morgan fingerprint density at radius 1 is 1.36 bits per heavy atom. The van der Waals surface area contributed by atoms with E-state index in [2.05, 4.69) is 45.8 Å². The van der Waals surface area contributed by atoms with E-state index in [1.54, 1.807) is 7.05 Å². The molecule has 2 aromatic heterocycles. The first-order valence-corrected chi connectivity index (χ1v) is 12.0. The fraction of sp³-hybridized carbons (Fsp3) is 0.417. The second-order valence-electron chi connectivity index (χ2n) is 9.06. The minimum Gasteiger partial charge on any atom is -0.491 e. The first-order chi connectivity index (χ1) is 15.8. The lowest BCUT2D eigenvalue weighted by Gasteiger charge is -2.28. The highest BCUT2D eigenvalue weighted by molar-refractivity contribution is 7.21. The number of thiophene rings is 1. The maximum absolute atomic E-state index is 13.0. The van der Waals surface area contributed by atoms with Crippen molar-refractivity contribution in [3.63, 3.8) is 0 Å². The Bertz CT molecular complexity index is 1210. The van der Waals surface area contributed by atoms with Crippen LogP contribution in [0.25, 0.3) is 10.2 Å². The SMILES string of the molecule is CNO[C@@]1(C)CCN(c2ccc3c(c2)OC[C@H](NC(=O)c2sc4nc(C)ccc4c2N)C3)C1. The number of nitrogens with two attached hydrogens (primary N) is 1. The molecular formula is C24H29N5O3S. The Balaban J connectivity index is 1.26. The van der Waals surface area contributed by atoms with Crippen LogP contribution in [-0.4, -0.2) is 49.3 Å². The molecule has 4 heterocycles. The van der Waals surface area contributed by atoms with Crippen LogP contribution in [0.2, 0.25) is 0 Å². The molecule has 1 fully saturated rings. The predicted molar refractivity (Wildman–Crippen MR) is 131 cm³/mol. The second kappa shape index (κ2) is 8.48. The zero-order chi connectivity index (χ0) is 23.2. The average Bonchev–Trinajstić information content (AvgIpc) is 3.33. The number of aromatic nitrogens is 1. The summed E-state index contributed by atoms with van der Waals surface area (Å²) in [4.78, 5) is 26.8. The number of hydrogen-bond donors (Lipinski definition) is 3. The molecule has 1 amide bonds. The van der Waals surface area contributed by atoms with Gasteiger partial charge in [0.1, 0.15) is 27.7 Å². The smallest absolute Gasteiger partial charge is 0.263 e. The number of nitrogens with zero attached hydrogens (tertiary/aromatic N) is 2. The highest BCUT2D eigenvalue weighted by atomic mass is 32.1. The van der Waals surface area contributed by atoms with Gasteiger partial charge >= 0.3 is 0 Å². The summed E-state index contributed by atoms with van der Waals surface area (Å²) in [5, 5.41) is 3.92. The Hall–Kier alpha value is -2.88. The molecule has 0 saturated carbocycles. The zero-order valence-electron chi connectivity index (χ0n) is 19.1. The van der Waals surface area contributed by atoms with E-state index in [1.165, 1.54) is 11.3 Å². The Morgan fingerprint density at radius 2 is 2.21 bits per heavy atom. The molecule has 0 radical (unpaired) electrons. The van der Waals surface area contributed by atoms with E-state index in [0.29, 0.717) is 23.6 Å². The molecule has 0 spiro atoms. The third-order valence-corrected chi connectivity index (χ3v) is 7.50. The van der Waals surface area contributed by atoms with Gasteiger partial charge in [-0.2, -0.15) is 0 Å². The molecule has 3 aromatic rings. The minimum absolute atomic E-state index is 0.116. The summed E-state index contributed by atoms with van der Waals surface area (Å²) in [6.45, 7) is 6.21. The summed E-state index contributed by atoms with van der Waals surface area (Å²) >= 11 is 1.33. The lowest BCUT2D eigenvalue weighted by atomic mass is 10.0. The summed E-state index contributed by atoms with van der Waals surface area (Å²) < 4.78 is 6.05. The molecule has 8 nitrogen and oxygen atoms in total. The van der Waals surface area contributed by atoms with Crippen LogP contribution in [-0.2, 0) is 11.3 Å². The van der Waals surface area contributed by atoms with Crippen LogP contribution in [0.15, 0.2) is 30.3 Å². The van der Waals surface area contributed by atoms with Crippen molar-refractivity contribution in [1.82, 2.24) is 15.8 Å². The molecule has 2 aliphatic heterocycles. The number of carbonyl (C=O) groups excluding carboxylic acids is 1. The molecule has 2 aliphatic rings. The first-order valence-electron chi connectivity index (χ1n) is 11.2. The van der Waals surface area contributed by atoms with Crippen molar-refractivity contribution in [1.29, 1.82) is 0 Å². The summed E-state index contributed by atoms with van der Waals surface area (Å²) in [7, 11) is 1.79. The predicted octanol–water partition coefficient (Wildman–Crippen LogP) is 3.04. The van der Waals surface area contributed by atoms with Gasteiger partial charge in [-0.15, -0.1) is 11.3 Å². The van der Waals surface area contributed by atoms with E-state index in [4.69, 9.17) is 15.3 Å². The van der Waals surface area contributed by atoms with Crippen molar-refractivity contribution in [3.05, 3.63) is 46.5 Å². The number of nitrogen functional groups attached to an aromatic ring is 1. The summed E-state index contributed by atoms with van der Waals surface area (Å²) in [6.07, 6.45) is 1.67. The van der Waals surface area contributed by atoms with Crippen LogP contribution in [0.5, 0.6) is 5.75 Å². The van der Waals surface area contributed by atoms with Crippen molar-refractivity contribution >= 4 is 38.8 Å². The molecule has 2 atom stereocenters. The maximum Gasteiger partial charge on any atom is 0.263 e. The van der Waals surface area contributed by atoms with E-state index in [-0.39, 0.29) is 17.6 Å². The van der Waals surface area contributed by atoms with E-state index >= 15 is 0 Å². The average molecular weight is 468 g/mol. The summed E-state index contributed by atoms with van der Waals surface area (Å²) in [6, 6.07) is 10.0. The molecule has 5 rings (SSSR count). The number of hydroxylamine groups is 1. The highest BCUT2D eigenvalue weighted by Crippen LogP contribution is 2.35. The Morgan fingerprint density at radius 3 is 3.03 bits per heavy atom. The van der Waals surface area contributed by atoms with Crippen LogP contribution in [0, 0.1) is 6.92 Å². The van der Waals surface area contributed by atoms with Gasteiger partial charge in [-0.1, -0.05) is 6.07 Å². The number of nitrogens with one attached hydrogen (secondary N) is 2. The normalized spacial score (nSPS) is 22.3. The zero-order valence-corrected chi connectivity index (χ0v) is 19.9. The molecule has 4 N–H and O–H groups in total. The number of fused-ring (bicyclic) bond motifs is 2. The van der Waals surface area contributed by atoms with E-state index in [9.17, 15) is 4.79 Å². The van der Waals surface area contributed by atoms with Gasteiger partial charge in [-0.05, 0) is 50.5 Å². The Labute approximate surface area is 197 Å². The number of pyridine rings is 1. The van der Waals surface area contributed by atoms with Crippen LogP contribution in [0.3, 0.4) is 0 Å². The van der Waals surface area contributed by atoms with Crippen molar-refractivity contribution in [2.24, 2.45) is 0 Å². The topological polar surface area (TPSA) is 102 Å². The molecule has 0 bridgehead atoms. The molecule has 1 saturated heterocycles. The summed E-state index contributed by atoms with van der Waals surface area (Å²) in [5.41, 5.74) is 12.5. The van der Waals surface area contributed by atoms with Crippen molar-refractivity contribution in [2.75, 3.05) is 37.4 Å². The Kier molecular flexibility index (Phi) is 5.64. The fourth-order valence-corrected chi connectivity index (χ4v) is 5.69. The molecular weight excluding hydrogens is 438 g/mol. The van der Waals surface area contributed by atoms with Crippen molar-refractivity contribution in [2.45, 2.75) is 38.3 Å². The third kappa shape index (κ3) is 4.23. The van der Waals surface area contributed by atoms with Crippen LogP contribution in [0.4, 0.5) is 11.4 Å². The monoisotopic (exact) mass is 467 g/mol. The summed E-state index contributed by atoms with van der Waals surface area (Å²) in [5.74, 6) is 0.699. The quantitative estimate of drug-likeness (QED) is 0.496. The molecule has 33 heavy (non-hydrogen) atoms. The molecule has 1 aromatic carbocycles. The van der Waals surface area contributed by atoms with Gasteiger partial charge in [0.05, 0.1) is 11.7 Å². The van der Waals surface area contributed by atoms with Crippen molar-refractivity contribution < 1.29 is 14.4 Å². The van der Waals surface area contributed by atoms with E-state index in [0.717, 1.165) is 52.4 Å². The van der Waals surface area contributed by atoms with E-state index < -0.39 is 0 Å². The number of rotatable bonds is 5. The van der Waals surface area contributed by atoms with E-state index in [1.807, 2.05) is 19.1 Å². The largest absolute Gasteiger partial charge is 0.491 e.